The van der Waals surface area contributed by atoms with Crippen molar-refractivity contribution >= 4 is 0 Å². The van der Waals surface area contributed by atoms with Crippen LogP contribution in [-0.2, 0) is 105 Å². The Morgan fingerprint density at radius 3 is 0.250 bits per heavy atom. The Morgan fingerprint density at radius 2 is 0.250 bits per heavy atom. The smallest absolute Gasteiger partial charge is 0 e. The summed E-state index contributed by atoms with van der Waals surface area (Å²) in [6.07, 6.45) is 0. The Kier molecular flexibility index (Phi) is 103. The minimum absolute atomic E-state index is 0. The van der Waals surface area contributed by atoms with Crippen molar-refractivity contribution in [2.24, 2.45) is 0 Å². The molecule has 0 heterocycles. The zero-order chi connectivity index (χ0) is 0. The topological polar surface area (TPSA) is 0 Å². The molecule has 0 aliphatic rings. The van der Waals surface area contributed by atoms with Crippen molar-refractivity contribution in [1.82, 2.24) is 0 Å². The molecular formula is Zr4. The SMILES string of the molecule is [Zr].[Zr].[Zr].[Zr]. The fraction of sp³-hybridized carbons (Fsp3) is 0. The van der Waals surface area contributed by atoms with E-state index in [1.807, 2.05) is 0 Å². The van der Waals surface area contributed by atoms with Gasteiger partial charge in [-0.3, -0.25) is 0 Å². The van der Waals surface area contributed by atoms with Gasteiger partial charge in [-0.05, 0) is 0 Å². The Hall–Kier alpha value is 3.53. The zero-order valence-electron chi connectivity index (χ0n) is 2.00. The third-order valence-electron chi connectivity index (χ3n) is 0. The molecule has 0 spiro atoms. The molecule has 0 bridgehead atoms. The fourth-order valence-corrected chi connectivity index (χ4v) is 0. The van der Waals surface area contributed by atoms with Crippen molar-refractivity contribution in [3.8, 4) is 0 Å². The standard InChI is InChI=1S/4Zr. The Morgan fingerprint density at radius 1 is 0.250 bits per heavy atom. The van der Waals surface area contributed by atoms with Crippen LogP contribution in [0.15, 0.2) is 0 Å². The van der Waals surface area contributed by atoms with Crippen molar-refractivity contribution in [1.29, 1.82) is 0 Å². The summed E-state index contributed by atoms with van der Waals surface area (Å²) in [5.74, 6) is 0. The van der Waals surface area contributed by atoms with Gasteiger partial charge >= 0.3 is 0 Å². The van der Waals surface area contributed by atoms with E-state index in [2.05, 4.69) is 0 Å². The summed E-state index contributed by atoms with van der Waals surface area (Å²) in [5, 5.41) is 0. The van der Waals surface area contributed by atoms with Gasteiger partial charge in [-0.25, -0.2) is 0 Å². The first-order valence-corrected chi connectivity index (χ1v) is 0. The van der Waals surface area contributed by atoms with Crippen molar-refractivity contribution < 1.29 is 105 Å². The molecule has 0 amide bonds. The third kappa shape index (κ3) is 9.11. The Balaban J connectivity index is 0. The monoisotopic (exact) mass is 360 g/mol. The van der Waals surface area contributed by atoms with E-state index in [4.69, 9.17) is 0 Å². The zero-order valence-corrected chi connectivity index (χ0v) is 11.8. The second kappa shape index (κ2) is 16.0. The summed E-state index contributed by atoms with van der Waals surface area (Å²) in [4.78, 5) is 0. The molecule has 0 rings (SSSR count). The van der Waals surface area contributed by atoms with Crippen LogP contribution in [0.25, 0.3) is 0 Å². The predicted molar refractivity (Wildman–Crippen MR) is 0 cm³/mol. The third-order valence-corrected chi connectivity index (χ3v) is 0. The molecular weight excluding hydrogens is 365 g/mol. The maximum Gasteiger partial charge on any atom is 0 e. The maximum atomic E-state index is 0. The Bertz CT molecular complexity index is 0. The minimum atomic E-state index is 0. The molecule has 4 heteroatoms. The van der Waals surface area contributed by atoms with Gasteiger partial charge in [0, 0.05) is 105 Å². The largest absolute Gasteiger partial charge is 0 e. The van der Waals surface area contributed by atoms with E-state index in [1.165, 1.54) is 0 Å². The van der Waals surface area contributed by atoms with Crippen LogP contribution < -0.4 is 0 Å². The molecule has 0 aromatic heterocycles. The first kappa shape index (κ1) is 25.8. The molecule has 0 aliphatic carbocycles. The first-order valence-electron chi connectivity index (χ1n) is 0. The molecule has 0 aliphatic heterocycles. The molecule has 0 aromatic rings. The molecule has 16 valence electrons. The summed E-state index contributed by atoms with van der Waals surface area (Å²) in [7, 11) is 0. The van der Waals surface area contributed by atoms with E-state index < -0.39 is 0 Å². The molecule has 0 saturated heterocycles. The van der Waals surface area contributed by atoms with E-state index in [0.717, 1.165) is 0 Å². The normalized spacial score (nSPS) is 0. The molecule has 0 fully saturated rings. The summed E-state index contributed by atoms with van der Waals surface area (Å²) < 4.78 is 0. The molecule has 0 saturated carbocycles. The van der Waals surface area contributed by atoms with Gasteiger partial charge in [0.1, 0.15) is 0 Å². The van der Waals surface area contributed by atoms with E-state index in [-0.39, 0.29) is 105 Å². The van der Waals surface area contributed by atoms with Gasteiger partial charge < -0.3 is 0 Å². The summed E-state index contributed by atoms with van der Waals surface area (Å²) >= 11 is 0. The van der Waals surface area contributed by atoms with Gasteiger partial charge in [-0.2, -0.15) is 0 Å². The van der Waals surface area contributed by atoms with E-state index in [0.29, 0.717) is 0 Å². The molecule has 0 radical (unpaired) electrons. The maximum absolute atomic E-state index is 0. The van der Waals surface area contributed by atoms with Crippen LogP contribution in [0.3, 0.4) is 0 Å². The van der Waals surface area contributed by atoms with Crippen LogP contribution in [0.1, 0.15) is 0 Å². The van der Waals surface area contributed by atoms with E-state index >= 15 is 0 Å². The number of hydrogen-bond acceptors (Lipinski definition) is 0. The van der Waals surface area contributed by atoms with Crippen molar-refractivity contribution in [3.63, 3.8) is 0 Å². The van der Waals surface area contributed by atoms with Crippen LogP contribution in [-0.4, -0.2) is 0 Å². The molecule has 0 nitrogen and oxygen atoms in total. The number of rotatable bonds is 0. The van der Waals surface area contributed by atoms with Gasteiger partial charge in [0.25, 0.3) is 0 Å². The summed E-state index contributed by atoms with van der Waals surface area (Å²) in [6.45, 7) is 0. The van der Waals surface area contributed by atoms with Gasteiger partial charge in [0.2, 0.25) is 0 Å². The van der Waals surface area contributed by atoms with Crippen LogP contribution in [0.5, 0.6) is 0 Å². The van der Waals surface area contributed by atoms with Crippen LogP contribution >= 0.6 is 0 Å². The fourth-order valence-electron chi connectivity index (χ4n) is 0. The van der Waals surface area contributed by atoms with Gasteiger partial charge in [0.05, 0.1) is 0 Å². The molecule has 0 N–H and O–H groups in total. The van der Waals surface area contributed by atoms with E-state index in [1.54, 1.807) is 0 Å². The average Bonchev–Trinajstić information content (AvgIpc) is 0. The quantitative estimate of drug-likeness (QED) is 0.567. The average molecular weight is 365 g/mol. The van der Waals surface area contributed by atoms with Crippen LogP contribution in [0.4, 0.5) is 0 Å². The second-order valence-electron chi connectivity index (χ2n) is 0. The predicted octanol–water partition coefficient (Wildman–Crippen LogP) is -0.0100. The van der Waals surface area contributed by atoms with Gasteiger partial charge in [0.15, 0.2) is 0 Å². The van der Waals surface area contributed by atoms with Crippen molar-refractivity contribution in [2.45, 2.75) is 0 Å². The summed E-state index contributed by atoms with van der Waals surface area (Å²) in [5.41, 5.74) is 0. The molecule has 0 atom stereocenters. The minimum Gasteiger partial charge on any atom is 0 e. The Labute approximate surface area is 102 Å². The van der Waals surface area contributed by atoms with E-state index in [9.17, 15) is 0 Å². The van der Waals surface area contributed by atoms with Crippen LogP contribution in [0, 0.1) is 0 Å². The van der Waals surface area contributed by atoms with Crippen molar-refractivity contribution in [3.05, 3.63) is 0 Å². The molecule has 0 aromatic carbocycles. The molecule has 0 unspecified atom stereocenters. The van der Waals surface area contributed by atoms with Crippen LogP contribution in [0.2, 0.25) is 0 Å². The van der Waals surface area contributed by atoms with Gasteiger partial charge in [-0.1, -0.05) is 0 Å². The first-order chi connectivity index (χ1) is 0. The number of hydrogen-bond donors (Lipinski definition) is 0. The summed E-state index contributed by atoms with van der Waals surface area (Å²) in [6, 6.07) is 0. The van der Waals surface area contributed by atoms with Crippen molar-refractivity contribution in [2.75, 3.05) is 0 Å². The second-order valence-corrected chi connectivity index (χ2v) is 0. The van der Waals surface area contributed by atoms with Gasteiger partial charge in [-0.15, -0.1) is 0 Å². The molecule has 4 heavy (non-hydrogen) atoms.